The van der Waals surface area contributed by atoms with Crippen LogP contribution >= 0.6 is 9.03 Å². The molecule has 1 saturated heterocycles. The van der Waals surface area contributed by atoms with Crippen LogP contribution < -0.4 is 9.26 Å². The number of ether oxygens (including phenoxy) is 2. The van der Waals surface area contributed by atoms with Gasteiger partial charge in [-0.2, -0.15) is 0 Å². The van der Waals surface area contributed by atoms with E-state index in [-0.39, 0.29) is 26.3 Å². The predicted octanol–water partition coefficient (Wildman–Crippen LogP) is 4.94. The zero-order chi connectivity index (χ0) is 17.7. The topological polar surface area (TPSA) is 36.9 Å². The Labute approximate surface area is 151 Å². The van der Waals surface area contributed by atoms with Crippen LogP contribution in [0.5, 0.6) is 11.5 Å². The maximum atomic E-state index is 6.15. The largest absolute Gasteiger partial charge is 0.483 e. The molecule has 2 heterocycles. The maximum Gasteiger partial charge on any atom is 0.275 e. The number of para-hydroxylation sites is 1. The van der Waals surface area contributed by atoms with Gasteiger partial charge in [-0.1, -0.05) is 24.3 Å². The van der Waals surface area contributed by atoms with Crippen LogP contribution in [0.15, 0.2) is 42.2 Å². The van der Waals surface area contributed by atoms with Gasteiger partial charge in [0.2, 0.25) is 0 Å². The summed E-state index contributed by atoms with van der Waals surface area (Å²) < 4.78 is 24.0. The molecule has 3 atom stereocenters. The number of benzene rings is 1. The first kappa shape index (κ1) is 16.9. The lowest BCUT2D eigenvalue weighted by Gasteiger charge is -2.23. The first-order valence-electron chi connectivity index (χ1n) is 8.79. The quantitative estimate of drug-likeness (QED) is 0.713. The Balaban J connectivity index is 1.40. The van der Waals surface area contributed by atoms with E-state index in [1.165, 1.54) is 5.56 Å². The monoisotopic (exact) mass is 360 g/mol. The van der Waals surface area contributed by atoms with Crippen LogP contribution in [0.2, 0.25) is 0 Å². The van der Waals surface area contributed by atoms with Crippen LogP contribution in [-0.2, 0) is 15.7 Å². The van der Waals surface area contributed by atoms with Crippen LogP contribution in [0.25, 0.3) is 0 Å². The van der Waals surface area contributed by atoms with Gasteiger partial charge in [0.05, 0.1) is 5.60 Å². The molecule has 1 fully saturated rings. The summed E-state index contributed by atoms with van der Waals surface area (Å²) in [6.45, 7) is 8.44. The van der Waals surface area contributed by atoms with Crippen LogP contribution in [0.1, 0.15) is 39.7 Å². The highest BCUT2D eigenvalue weighted by Crippen LogP contribution is 2.45. The lowest BCUT2D eigenvalue weighted by molar-refractivity contribution is -0.0154. The molecule has 0 N–H and O–H groups in total. The Hall–Kier alpha value is -1.51. The molecule has 1 aromatic carbocycles. The lowest BCUT2D eigenvalue weighted by Crippen LogP contribution is -2.24. The molecule has 4 nitrogen and oxygen atoms in total. The summed E-state index contributed by atoms with van der Waals surface area (Å²) >= 11 is 0. The third kappa shape index (κ3) is 3.43. The van der Waals surface area contributed by atoms with Crippen molar-refractivity contribution >= 4 is 9.03 Å². The molecule has 25 heavy (non-hydrogen) atoms. The Morgan fingerprint density at radius 2 is 1.96 bits per heavy atom. The van der Waals surface area contributed by atoms with Crippen molar-refractivity contribution in [2.45, 2.75) is 57.8 Å². The van der Waals surface area contributed by atoms with Gasteiger partial charge in [-0.15, -0.1) is 0 Å². The smallest absolute Gasteiger partial charge is 0.275 e. The van der Waals surface area contributed by atoms with Crippen LogP contribution in [0, 0.1) is 5.92 Å². The van der Waals surface area contributed by atoms with Gasteiger partial charge in [-0.05, 0) is 46.3 Å². The molecule has 2 aliphatic heterocycles. The third-order valence-corrected chi connectivity index (χ3v) is 5.45. The van der Waals surface area contributed by atoms with Gasteiger partial charge in [-0.3, -0.25) is 0 Å². The highest BCUT2D eigenvalue weighted by Gasteiger charge is 2.42. The molecule has 0 bridgehead atoms. The minimum absolute atomic E-state index is 0.00669. The highest BCUT2D eigenvalue weighted by molar-refractivity contribution is 7.26. The van der Waals surface area contributed by atoms with Crippen molar-refractivity contribution in [3.05, 3.63) is 47.7 Å². The summed E-state index contributed by atoms with van der Waals surface area (Å²) in [5.41, 5.74) is 0.891. The second kappa shape index (κ2) is 6.03. The molecule has 3 unspecified atom stereocenters. The molecule has 3 aliphatic rings. The van der Waals surface area contributed by atoms with Crippen molar-refractivity contribution in [1.29, 1.82) is 0 Å². The minimum Gasteiger partial charge on any atom is -0.483 e. The van der Waals surface area contributed by atoms with Gasteiger partial charge in [0.15, 0.2) is 11.5 Å². The van der Waals surface area contributed by atoms with Crippen LogP contribution in [0.4, 0.5) is 0 Å². The fourth-order valence-corrected chi connectivity index (χ4v) is 4.43. The molecular weight excluding hydrogens is 335 g/mol. The molecule has 4 rings (SSSR count). The summed E-state index contributed by atoms with van der Waals surface area (Å²) in [5, 5.41) is 0. The van der Waals surface area contributed by atoms with Crippen molar-refractivity contribution < 1.29 is 18.5 Å². The SMILES string of the molecule is CC1(C)Cc2cccc(OPOC3=CC=CC4CC(C)(C)OC34)c2O1. The fraction of sp³-hybridized carbons (Fsp3) is 0.500. The molecular formula is C20H25O4P. The molecule has 1 aromatic rings. The fourth-order valence-electron chi connectivity index (χ4n) is 3.85. The first-order valence-corrected chi connectivity index (χ1v) is 9.60. The van der Waals surface area contributed by atoms with Gasteiger partial charge in [0.1, 0.15) is 17.5 Å². The van der Waals surface area contributed by atoms with E-state index in [9.17, 15) is 0 Å². The maximum absolute atomic E-state index is 6.15. The predicted molar refractivity (Wildman–Crippen MR) is 99.2 cm³/mol. The second-order valence-corrected chi connectivity index (χ2v) is 8.77. The van der Waals surface area contributed by atoms with E-state index in [4.69, 9.17) is 18.5 Å². The average Bonchev–Trinajstić information content (AvgIpc) is 3.01. The molecule has 0 saturated carbocycles. The van der Waals surface area contributed by atoms with Gasteiger partial charge >= 0.3 is 0 Å². The van der Waals surface area contributed by atoms with Gasteiger partial charge in [-0.25, -0.2) is 0 Å². The molecule has 0 aromatic heterocycles. The number of fused-ring (bicyclic) bond motifs is 2. The molecule has 0 amide bonds. The van der Waals surface area contributed by atoms with Crippen molar-refractivity contribution in [2.24, 2.45) is 5.92 Å². The summed E-state index contributed by atoms with van der Waals surface area (Å²) in [6.07, 6.45) is 8.13. The molecule has 0 spiro atoms. The van der Waals surface area contributed by atoms with Crippen molar-refractivity contribution in [1.82, 2.24) is 0 Å². The summed E-state index contributed by atoms with van der Waals surface area (Å²) in [6, 6.07) is 6.03. The zero-order valence-corrected chi connectivity index (χ0v) is 16.2. The number of allylic oxidation sites excluding steroid dienone is 2. The Morgan fingerprint density at radius 1 is 1.12 bits per heavy atom. The number of hydrogen-bond acceptors (Lipinski definition) is 4. The normalized spacial score (nSPS) is 28.4. The van der Waals surface area contributed by atoms with E-state index in [0.717, 1.165) is 30.1 Å². The lowest BCUT2D eigenvalue weighted by atomic mass is 9.91. The van der Waals surface area contributed by atoms with E-state index >= 15 is 0 Å². The van der Waals surface area contributed by atoms with Crippen LogP contribution in [0.3, 0.4) is 0 Å². The molecule has 134 valence electrons. The summed E-state index contributed by atoms with van der Waals surface area (Å²) in [7, 11) is -0.128. The van der Waals surface area contributed by atoms with E-state index in [0.29, 0.717) is 5.92 Å². The molecule has 0 radical (unpaired) electrons. The van der Waals surface area contributed by atoms with Crippen molar-refractivity contribution in [2.75, 3.05) is 0 Å². The van der Waals surface area contributed by atoms with Crippen molar-refractivity contribution in [3.63, 3.8) is 0 Å². The van der Waals surface area contributed by atoms with E-state index in [1.807, 2.05) is 18.2 Å². The first-order chi connectivity index (χ1) is 11.8. The number of rotatable bonds is 4. The molecule has 1 aliphatic carbocycles. The van der Waals surface area contributed by atoms with Gasteiger partial charge < -0.3 is 18.5 Å². The Morgan fingerprint density at radius 3 is 2.80 bits per heavy atom. The van der Waals surface area contributed by atoms with Gasteiger partial charge in [0.25, 0.3) is 9.03 Å². The van der Waals surface area contributed by atoms with E-state index in [1.54, 1.807) is 0 Å². The second-order valence-electron chi connectivity index (χ2n) is 8.19. The zero-order valence-electron chi connectivity index (χ0n) is 15.2. The average molecular weight is 360 g/mol. The minimum atomic E-state index is -0.182. The summed E-state index contributed by atoms with van der Waals surface area (Å²) in [4.78, 5) is 0. The third-order valence-electron chi connectivity index (χ3n) is 4.83. The molecule has 5 heteroatoms. The van der Waals surface area contributed by atoms with Crippen LogP contribution in [-0.4, -0.2) is 17.3 Å². The Kier molecular flexibility index (Phi) is 4.09. The van der Waals surface area contributed by atoms with E-state index in [2.05, 4.69) is 45.9 Å². The standard InChI is InChI=1S/C20H25O4P/c1-19(2)11-13-7-5-9-15(17(13)21-19)23-25-24-16-10-6-8-14-12-20(3,4)22-18(14)16/h5-10,13,17,25H,11-12H2,1-4H3. The Bertz CT molecular complexity index is 735. The van der Waals surface area contributed by atoms with E-state index < -0.39 is 0 Å². The summed E-state index contributed by atoms with van der Waals surface area (Å²) in [5.74, 6) is 2.82. The van der Waals surface area contributed by atoms with Gasteiger partial charge in [0, 0.05) is 17.9 Å². The van der Waals surface area contributed by atoms with Crippen molar-refractivity contribution in [3.8, 4) is 11.5 Å². The highest BCUT2D eigenvalue weighted by atomic mass is 31.1. The number of hydrogen-bond donors (Lipinski definition) is 0.